The third-order valence-electron chi connectivity index (χ3n) is 7.16. The van der Waals surface area contributed by atoms with Crippen molar-refractivity contribution in [2.75, 3.05) is 25.1 Å². The van der Waals surface area contributed by atoms with Gasteiger partial charge in [0, 0.05) is 79.9 Å². The Bertz CT molecular complexity index is 1670. The van der Waals surface area contributed by atoms with Crippen LogP contribution in [0.25, 0.3) is 27.8 Å². The summed E-state index contributed by atoms with van der Waals surface area (Å²) in [7, 11) is 3.56. The van der Waals surface area contributed by atoms with Gasteiger partial charge in [0.05, 0.1) is 30.6 Å². The zero-order valence-corrected chi connectivity index (χ0v) is 22.2. The second kappa shape index (κ2) is 10.1. The van der Waals surface area contributed by atoms with Crippen molar-refractivity contribution in [3.8, 4) is 39.8 Å². The number of nitriles is 1. The Labute approximate surface area is 226 Å². The molecule has 0 aliphatic carbocycles. The van der Waals surface area contributed by atoms with Crippen molar-refractivity contribution in [1.29, 1.82) is 5.26 Å². The number of anilines is 1. The molecule has 1 aromatic carbocycles. The van der Waals surface area contributed by atoms with Crippen LogP contribution in [-0.4, -0.2) is 50.7 Å². The van der Waals surface area contributed by atoms with Gasteiger partial charge in [0.15, 0.2) is 0 Å². The summed E-state index contributed by atoms with van der Waals surface area (Å²) in [5.74, 6) is 2.60. The van der Waals surface area contributed by atoms with Gasteiger partial charge in [-0.05, 0) is 42.8 Å². The van der Waals surface area contributed by atoms with E-state index < -0.39 is 0 Å². The number of rotatable bonds is 6. The van der Waals surface area contributed by atoms with E-state index >= 15 is 0 Å². The first-order chi connectivity index (χ1) is 19.0. The third-order valence-corrected chi connectivity index (χ3v) is 7.16. The summed E-state index contributed by atoms with van der Waals surface area (Å²) in [5.41, 5.74) is 6.20. The molecule has 5 aromatic rings. The normalized spacial score (nSPS) is 13.9. The van der Waals surface area contributed by atoms with E-state index in [1.54, 1.807) is 22.5 Å². The summed E-state index contributed by atoms with van der Waals surface area (Å²) in [6, 6.07) is 14.5. The van der Waals surface area contributed by atoms with Crippen LogP contribution in [0.4, 0.5) is 5.82 Å². The summed E-state index contributed by atoms with van der Waals surface area (Å²) in [6.07, 6.45) is 11.2. The maximum absolute atomic E-state index is 9.70. The molecule has 0 spiro atoms. The minimum Gasteiger partial charge on any atom is -0.497 e. The van der Waals surface area contributed by atoms with Crippen molar-refractivity contribution < 1.29 is 9.47 Å². The van der Waals surface area contributed by atoms with Crippen molar-refractivity contribution >= 4 is 11.3 Å². The van der Waals surface area contributed by atoms with E-state index in [-0.39, 0.29) is 6.10 Å². The number of nitrogens with zero attached hydrogens (tertiary/aromatic N) is 7. The number of hydrogen-bond donors (Lipinski definition) is 0. The van der Waals surface area contributed by atoms with Crippen molar-refractivity contribution in [3.05, 3.63) is 78.5 Å². The molecule has 0 amide bonds. The number of methoxy groups -OCH3 is 1. The van der Waals surface area contributed by atoms with Gasteiger partial charge in [-0.3, -0.25) is 4.68 Å². The second-order valence-electron chi connectivity index (χ2n) is 9.90. The molecule has 0 bridgehead atoms. The van der Waals surface area contributed by atoms with Gasteiger partial charge in [0.2, 0.25) is 0 Å². The Morgan fingerprint density at radius 3 is 2.44 bits per heavy atom. The molecule has 39 heavy (non-hydrogen) atoms. The Morgan fingerprint density at radius 1 is 0.923 bits per heavy atom. The van der Waals surface area contributed by atoms with Gasteiger partial charge >= 0.3 is 0 Å². The molecule has 0 saturated carbocycles. The van der Waals surface area contributed by atoms with Crippen LogP contribution in [0.3, 0.4) is 0 Å². The van der Waals surface area contributed by atoms with Crippen molar-refractivity contribution in [3.63, 3.8) is 0 Å². The first-order valence-corrected chi connectivity index (χ1v) is 12.9. The van der Waals surface area contributed by atoms with E-state index in [0.29, 0.717) is 5.56 Å². The highest BCUT2D eigenvalue weighted by molar-refractivity contribution is 5.87. The van der Waals surface area contributed by atoms with Gasteiger partial charge in [-0.25, -0.2) is 9.50 Å². The average Bonchev–Trinajstić information content (AvgIpc) is 3.58. The zero-order chi connectivity index (χ0) is 26.9. The number of ether oxygens (including phenoxy) is 2. The minimum atomic E-state index is 0.154. The predicted octanol–water partition coefficient (Wildman–Crippen LogP) is 5.03. The standard InChI is InChI=1S/C30H29N7O2/c1-20-10-26(38-3)13-27(11-20)39-25-6-8-36(9-7-25)29-5-4-21(15-32-29)28-12-22(24-17-33-35(2)18-24)19-37-30(28)23(14-31)16-34-37/h4-5,10-13,15-19,25H,6-9H2,1-3H3. The molecule has 1 aliphatic heterocycles. The molecule has 0 atom stereocenters. The Kier molecular flexibility index (Phi) is 6.37. The molecule has 5 heterocycles. The number of hydrogen-bond acceptors (Lipinski definition) is 7. The number of benzene rings is 1. The van der Waals surface area contributed by atoms with Gasteiger partial charge in [0.25, 0.3) is 0 Å². The highest BCUT2D eigenvalue weighted by Gasteiger charge is 2.22. The van der Waals surface area contributed by atoms with Crippen LogP contribution in [0.5, 0.6) is 11.5 Å². The van der Waals surface area contributed by atoms with Crippen LogP contribution in [0.1, 0.15) is 24.0 Å². The van der Waals surface area contributed by atoms with E-state index in [4.69, 9.17) is 14.5 Å². The summed E-state index contributed by atoms with van der Waals surface area (Å²) in [5, 5.41) is 18.4. The van der Waals surface area contributed by atoms with E-state index in [9.17, 15) is 5.26 Å². The van der Waals surface area contributed by atoms with Crippen LogP contribution in [-0.2, 0) is 7.05 Å². The van der Waals surface area contributed by atoms with Crippen molar-refractivity contribution in [1.82, 2.24) is 24.4 Å². The third kappa shape index (κ3) is 4.89. The number of aryl methyl sites for hydroxylation is 2. The van der Waals surface area contributed by atoms with E-state index in [2.05, 4.69) is 39.4 Å². The summed E-state index contributed by atoms with van der Waals surface area (Å²) in [6.45, 7) is 3.77. The molecule has 0 radical (unpaired) electrons. The molecule has 6 rings (SSSR count). The fraction of sp³-hybridized carbons (Fsp3) is 0.267. The maximum atomic E-state index is 9.70. The van der Waals surface area contributed by atoms with Gasteiger partial charge in [-0.1, -0.05) is 0 Å². The van der Waals surface area contributed by atoms with Crippen molar-refractivity contribution in [2.24, 2.45) is 7.05 Å². The average molecular weight is 520 g/mol. The lowest BCUT2D eigenvalue weighted by Crippen LogP contribution is -2.38. The quantitative estimate of drug-likeness (QED) is 0.310. The topological polar surface area (TPSA) is 93.5 Å². The Morgan fingerprint density at radius 2 is 1.74 bits per heavy atom. The summed E-state index contributed by atoms with van der Waals surface area (Å²) >= 11 is 0. The van der Waals surface area contributed by atoms with Crippen molar-refractivity contribution in [2.45, 2.75) is 25.9 Å². The van der Waals surface area contributed by atoms with Gasteiger partial charge in [-0.2, -0.15) is 15.5 Å². The fourth-order valence-electron chi connectivity index (χ4n) is 5.18. The molecule has 1 aliphatic rings. The molecule has 4 aromatic heterocycles. The van der Waals surface area contributed by atoms with Gasteiger partial charge in [0.1, 0.15) is 29.5 Å². The first-order valence-electron chi connectivity index (χ1n) is 12.9. The Balaban J connectivity index is 1.21. The lowest BCUT2D eigenvalue weighted by Gasteiger charge is -2.33. The second-order valence-corrected chi connectivity index (χ2v) is 9.90. The number of fused-ring (bicyclic) bond motifs is 1. The number of pyridine rings is 2. The number of aromatic nitrogens is 5. The minimum absolute atomic E-state index is 0.154. The van der Waals surface area contributed by atoms with E-state index in [0.717, 1.165) is 76.6 Å². The molecule has 0 N–H and O–H groups in total. The number of piperidine rings is 1. The highest BCUT2D eigenvalue weighted by Crippen LogP contribution is 2.33. The molecule has 0 unspecified atom stereocenters. The maximum Gasteiger partial charge on any atom is 0.128 e. The monoisotopic (exact) mass is 519 g/mol. The predicted molar refractivity (Wildman–Crippen MR) is 149 cm³/mol. The lowest BCUT2D eigenvalue weighted by atomic mass is 10.0. The molecular weight excluding hydrogens is 490 g/mol. The SMILES string of the molecule is COc1cc(C)cc(OC2CCN(c3ccc(-c4cc(-c5cnn(C)c5)cn5ncc(C#N)c45)cn3)CC2)c1. The molecule has 1 fully saturated rings. The van der Waals surface area contributed by atoms with Crippen LogP contribution in [0.15, 0.2) is 67.4 Å². The summed E-state index contributed by atoms with van der Waals surface area (Å²) in [4.78, 5) is 7.11. The zero-order valence-electron chi connectivity index (χ0n) is 22.2. The molecule has 9 heteroatoms. The van der Waals surface area contributed by atoms with Crippen LogP contribution < -0.4 is 14.4 Å². The van der Waals surface area contributed by atoms with E-state index in [1.807, 2.05) is 57.0 Å². The lowest BCUT2D eigenvalue weighted by molar-refractivity contribution is 0.170. The van der Waals surface area contributed by atoms with Gasteiger partial charge in [-0.15, -0.1) is 0 Å². The largest absolute Gasteiger partial charge is 0.497 e. The molecular formula is C30H29N7O2. The fourth-order valence-corrected chi connectivity index (χ4v) is 5.18. The summed E-state index contributed by atoms with van der Waals surface area (Å²) < 4.78 is 15.2. The van der Waals surface area contributed by atoms with Crippen LogP contribution in [0.2, 0.25) is 0 Å². The first kappa shape index (κ1) is 24.5. The smallest absolute Gasteiger partial charge is 0.128 e. The van der Waals surface area contributed by atoms with Crippen LogP contribution in [0, 0.1) is 18.3 Å². The molecule has 9 nitrogen and oxygen atoms in total. The Hall–Kier alpha value is -4.84. The van der Waals surface area contributed by atoms with Crippen LogP contribution >= 0.6 is 0 Å². The molecule has 1 saturated heterocycles. The van der Waals surface area contributed by atoms with Gasteiger partial charge < -0.3 is 14.4 Å². The van der Waals surface area contributed by atoms with E-state index in [1.165, 1.54) is 0 Å². The molecule has 196 valence electrons. The highest BCUT2D eigenvalue weighted by atomic mass is 16.5.